The smallest absolute Gasteiger partial charge is 0.243 e. The molecule has 138 valence electrons. The van der Waals surface area contributed by atoms with Gasteiger partial charge in [-0.15, -0.1) is 0 Å². The predicted octanol–water partition coefficient (Wildman–Crippen LogP) is 3.48. The summed E-state index contributed by atoms with van der Waals surface area (Å²) in [4.78, 5) is 27.2. The maximum Gasteiger partial charge on any atom is 0.243 e. The van der Waals surface area contributed by atoms with E-state index in [1.807, 2.05) is 69.3 Å². The zero-order chi connectivity index (χ0) is 18.9. The standard InChI is InChI=1S/C22H28N2O2/c1-4-21(25)24(16-19-13-9-10-17(3)14-19)20(22(26)23-5-2)15-18-11-7-6-8-12-18/h6-14,20H,4-5,15-16H2,1-3H3,(H,23,26)/t20-/m1/s1. The van der Waals surface area contributed by atoms with E-state index in [0.717, 1.165) is 16.7 Å². The number of aryl methyl sites for hydroxylation is 1. The second-order valence-electron chi connectivity index (χ2n) is 6.46. The van der Waals surface area contributed by atoms with E-state index in [2.05, 4.69) is 11.4 Å². The summed E-state index contributed by atoms with van der Waals surface area (Å²) in [5.74, 6) is -0.121. The zero-order valence-corrected chi connectivity index (χ0v) is 15.9. The lowest BCUT2D eigenvalue weighted by atomic mass is 10.0. The SMILES string of the molecule is CCNC(=O)[C@@H](Cc1ccccc1)N(Cc1cccc(C)c1)C(=O)CC. The van der Waals surface area contributed by atoms with Crippen molar-refractivity contribution in [3.8, 4) is 0 Å². The molecule has 2 amide bonds. The van der Waals surface area contributed by atoms with Crippen LogP contribution in [0.2, 0.25) is 0 Å². The third-order valence-electron chi connectivity index (χ3n) is 4.36. The number of likely N-dealkylation sites (N-methyl/N-ethyl adjacent to an activating group) is 1. The fraction of sp³-hybridized carbons (Fsp3) is 0.364. The highest BCUT2D eigenvalue weighted by molar-refractivity contribution is 5.87. The van der Waals surface area contributed by atoms with Gasteiger partial charge in [0.05, 0.1) is 0 Å². The predicted molar refractivity (Wildman–Crippen MR) is 105 cm³/mol. The summed E-state index contributed by atoms with van der Waals surface area (Å²) in [6.07, 6.45) is 0.876. The fourth-order valence-corrected chi connectivity index (χ4v) is 3.06. The molecule has 0 radical (unpaired) electrons. The Labute approximate surface area is 156 Å². The van der Waals surface area contributed by atoms with E-state index in [9.17, 15) is 9.59 Å². The molecule has 0 saturated heterocycles. The maximum absolute atomic E-state index is 12.8. The van der Waals surface area contributed by atoms with Gasteiger partial charge in [-0.05, 0) is 25.0 Å². The number of amides is 2. The van der Waals surface area contributed by atoms with Gasteiger partial charge in [-0.3, -0.25) is 9.59 Å². The molecule has 1 atom stereocenters. The van der Waals surface area contributed by atoms with Gasteiger partial charge in [-0.25, -0.2) is 0 Å². The van der Waals surface area contributed by atoms with Crippen molar-refractivity contribution in [3.05, 3.63) is 71.3 Å². The summed E-state index contributed by atoms with van der Waals surface area (Å²) in [6, 6.07) is 17.4. The molecule has 0 fully saturated rings. The van der Waals surface area contributed by atoms with E-state index in [1.54, 1.807) is 4.90 Å². The first-order valence-corrected chi connectivity index (χ1v) is 9.21. The van der Waals surface area contributed by atoms with Gasteiger partial charge in [0.15, 0.2) is 0 Å². The number of rotatable bonds is 8. The number of carbonyl (C=O) groups is 2. The highest BCUT2D eigenvalue weighted by atomic mass is 16.2. The molecule has 0 aliphatic heterocycles. The molecule has 4 nitrogen and oxygen atoms in total. The van der Waals surface area contributed by atoms with Crippen LogP contribution in [0.25, 0.3) is 0 Å². The van der Waals surface area contributed by atoms with Gasteiger partial charge in [0.1, 0.15) is 6.04 Å². The van der Waals surface area contributed by atoms with Crippen LogP contribution in [0.4, 0.5) is 0 Å². The van der Waals surface area contributed by atoms with Gasteiger partial charge >= 0.3 is 0 Å². The van der Waals surface area contributed by atoms with Gasteiger partial charge in [-0.1, -0.05) is 67.1 Å². The molecule has 26 heavy (non-hydrogen) atoms. The van der Waals surface area contributed by atoms with E-state index >= 15 is 0 Å². The Morgan fingerprint density at radius 3 is 2.31 bits per heavy atom. The van der Waals surface area contributed by atoms with Crippen molar-refractivity contribution in [2.45, 2.75) is 46.2 Å². The van der Waals surface area contributed by atoms with Crippen molar-refractivity contribution in [1.82, 2.24) is 10.2 Å². The molecule has 2 aromatic rings. The van der Waals surface area contributed by atoms with Crippen molar-refractivity contribution in [1.29, 1.82) is 0 Å². The van der Waals surface area contributed by atoms with Crippen molar-refractivity contribution in [2.75, 3.05) is 6.54 Å². The second kappa shape index (κ2) is 9.76. The molecule has 0 bridgehead atoms. The first-order valence-electron chi connectivity index (χ1n) is 9.21. The van der Waals surface area contributed by atoms with Crippen LogP contribution in [0, 0.1) is 6.92 Å². The highest BCUT2D eigenvalue weighted by Crippen LogP contribution is 2.16. The normalized spacial score (nSPS) is 11.7. The minimum atomic E-state index is -0.523. The van der Waals surface area contributed by atoms with Crippen LogP contribution in [0.15, 0.2) is 54.6 Å². The van der Waals surface area contributed by atoms with E-state index in [0.29, 0.717) is 25.9 Å². The van der Waals surface area contributed by atoms with Crippen LogP contribution in [-0.2, 0) is 22.6 Å². The molecule has 1 N–H and O–H groups in total. The zero-order valence-electron chi connectivity index (χ0n) is 15.9. The molecule has 4 heteroatoms. The number of benzene rings is 2. The number of carbonyl (C=O) groups excluding carboxylic acids is 2. The van der Waals surface area contributed by atoms with Crippen molar-refractivity contribution in [2.24, 2.45) is 0 Å². The molecule has 0 heterocycles. The first kappa shape index (κ1) is 19.7. The lowest BCUT2D eigenvalue weighted by Crippen LogP contribution is -2.50. The highest BCUT2D eigenvalue weighted by Gasteiger charge is 2.29. The Balaban J connectivity index is 2.33. The van der Waals surface area contributed by atoms with Crippen molar-refractivity contribution in [3.63, 3.8) is 0 Å². The summed E-state index contributed by atoms with van der Waals surface area (Å²) < 4.78 is 0. The van der Waals surface area contributed by atoms with Crippen molar-refractivity contribution >= 4 is 11.8 Å². The third kappa shape index (κ3) is 5.45. The topological polar surface area (TPSA) is 49.4 Å². The van der Waals surface area contributed by atoms with Crippen LogP contribution in [0.3, 0.4) is 0 Å². The second-order valence-corrected chi connectivity index (χ2v) is 6.46. The van der Waals surface area contributed by atoms with Crippen LogP contribution in [0.5, 0.6) is 0 Å². The number of nitrogens with zero attached hydrogens (tertiary/aromatic N) is 1. The van der Waals surface area contributed by atoms with Crippen LogP contribution in [0.1, 0.15) is 37.0 Å². The molecule has 0 aliphatic rings. The Morgan fingerprint density at radius 2 is 1.69 bits per heavy atom. The average molecular weight is 352 g/mol. The fourth-order valence-electron chi connectivity index (χ4n) is 3.06. The molecule has 0 spiro atoms. The molecule has 2 aromatic carbocycles. The van der Waals surface area contributed by atoms with Gasteiger partial charge in [0, 0.05) is 25.9 Å². The molecule has 0 unspecified atom stereocenters. The van der Waals surface area contributed by atoms with Gasteiger partial charge in [0.25, 0.3) is 0 Å². The Kier molecular flexibility index (Phi) is 7.39. The first-order chi connectivity index (χ1) is 12.5. The third-order valence-corrected chi connectivity index (χ3v) is 4.36. The summed E-state index contributed by atoms with van der Waals surface area (Å²) in [7, 11) is 0. The van der Waals surface area contributed by atoms with E-state index in [1.165, 1.54) is 0 Å². The lowest BCUT2D eigenvalue weighted by molar-refractivity contribution is -0.141. The Morgan fingerprint density at radius 1 is 1.00 bits per heavy atom. The van der Waals surface area contributed by atoms with Crippen LogP contribution >= 0.6 is 0 Å². The molecule has 0 saturated carbocycles. The maximum atomic E-state index is 12.8. The van der Waals surface area contributed by atoms with E-state index in [-0.39, 0.29) is 11.8 Å². The van der Waals surface area contributed by atoms with Gasteiger partial charge in [-0.2, -0.15) is 0 Å². The Hall–Kier alpha value is -2.62. The minimum Gasteiger partial charge on any atom is -0.355 e. The van der Waals surface area contributed by atoms with E-state index < -0.39 is 6.04 Å². The molecular formula is C22H28N2O2. The quantitative estimate of drug-likeness (QED) is 0.791. The largest absolute Gasteiger partial charge is 0.355 e. The van der Waals surface area contributed by atoms with Crippen molar-refractivity contribution < 1.29 is 9.59 Å². The summed E-state index contributed by atoms with van der Waals surface area (Å²) in [5.41, 5.74) is 3.22. The summed E-state index contributed by atoms with van der Waals surface area (Å²) in [6.45, 7) is 6.74. The summed E-state index contributed by atoms with van der Waals surface area (Å²) in [5, 5.41) is 2.89. The Bertz CT molecular complexity index is 728. The monoisotopic (exact) mass is 352 g/mol. The van der Waals surface area contributed by atoms with Gasteiger partial charge in [0.2, 0.25) is 11.8 Å². The van der Waals surface area contributed by atoms with Crippen LogP contribution < -0.4 is 5.32 Å². The summed E-state index contributed by atoms with van der Waals surface area (Å²) >= 11 is 0. The number of hydrogen-bond acceptors (Lipinski definition) is 2. The molecular weight excluding hydrogens is 324 g/mol. The van der Waals surface area contributed by atoms with Crippen LogP contribution in [-0.4, -0.2) is 29.3 Å². The lowest BCUT2D eigenvalue weighted by Gasteiger charge is -2.31. The van der Waals surface area contributed by atoms with Gasteiger partial charge < -0.3 is 10.2 Å². The molecule has 0 aromatic heterocycles. The van der Waals surface area contributed by atoms with E-state index in [4.69, 9.17) is 0 Å². The minimum absolute atomic E-state index is 0.0151. The number of hydrogen-bond donors (Lipinski definition) is 1. The average Bonchev–Trinajstić information content (AvgIpc) is 2.65. The molecule has 0 aliphatic carbocycles. The number of nitrogens with one attached hydrogen (secondary N) is 1. The molecule has 2 rings (SSSR count).